The van der Waals surface area contributed by atoms with Crippen LogP contribution < -0.4 is 0 Å². The summed E-state index contributed by atoms with van der Waals surface area (Å²) in [5, 5.41) is 0. The van der Waals surface area contributed by atoms with Gasteiger partial charge in [-0.05, 0) is 30.0 Å². The first-order valence-corrected chi connectivity index (χ1v) is 7.10. The van der Waals surface area contributed by atoms with Gasteiger partial charge in [-0.25, -0.2) is 0 Å². The quantitative estimate of drug-likeness (QED) is 0.594. The average Bonchev–Trinajstić information content (AvgIpc) is 2.43. The topological polar surface area (TPSA) is 52.6 Å². The fourth-order valence-corrected chi connectivity index (χ4v) is 1.93. The van der Waals surface area contributed by atoms with Gasteiger partial charge in [0.2, 0.25) is 0 Å². The molecule has 0 fully saturated rings. The summed E-state index contributed by atoms with van der Waals surface area (Å²) in [7, 11) is 0. The SMILES string of the molecule is CCC(=Cc1cccc(CC)c1)C(OC(C)=O)OC(C)=O. The van der Waals surface area contributed by atoms with E-state index in [1.54, 1.807) is 0 Å². The van der Waals surface area contributed by atoms with Gasteiger partial charge in [0.1, 0.15) is 0 Å². The van der Waals surface area contributed by atoms with E-state index < -0.39 is 18.2 Å². The highest BCUT2D eigenvalue weighted by molar-refractivity contribution is 5.69. The Morgan fingerprint density at radius 3 is 2.24 bits per heavy atom. The summed E-state index contributed by atoms with van der Waals surface area (Å²) in [4.78, 5) is 22.3. The van der Waals surface area contributed by atoms with Crippen LogP contribution in [0.2, 0.25) is 0 Å². The Balaban J connectivity index is 3.07. The molecule has 0 aliphatic carbocycles. The Bertz CT molecular complexity index is 515. The summed E-state index contributed by atoms with van der Waals surface area (Å²) in [5.41, 5.74) is 2.96. The number of carbonyl (C=O) groups is 2. The fourth-order valence-electron chi connectivity index (χ4n) is 1.93. The van der Waals surface area contributed by atoms with Crippen LogP contribution in [0.3, 0.4) is 0 Å². The Morgan fingerprint density at radius 1 is 1.14 bits per heavy atom. The lowest BCUT2D eigenvalue weighted by atomic mass is 10.0. The Morgan fingerprint density at radius 2 is 1.76 bits per heavy atom. The summed E-state index contributed by atoms with van der Waals surface area (Å²) in [6, 6.07) is 8.06. The second kappa shape index (κ2) is 8.25. The number of hydrogen-bond acceptors (Lipinski definition) is 4. The molecule has 4 nitrogen and oxygen atoms in total. The molecule has 0 aliphatic rings. The number of aryl methyl sites for hydroxylation is 1. The molecule has 0 amide bonds. The first kappa shape index (κ1) is 17.0. The van der Waals surface area contributed by atoms with Gasteiger partial charge in [-0.2, -0.15) is 0 Å². The van der Waals surface area contributed by atoms with Crippen molar-refractivity contribution in [1.82, 2.24) is 0 Å². The molecule has 0 bridgehead atoms. The maximum atomic E-state index is 11.2. The first-order chi connectivity index (χ1) is 9.96. The summed E-state index contributed by atoms with van der Waals surface area (Å²) >= 11 is 0. The predicted molar refractivity (Wildman–Crippen MR) is 81.4 cm³/mol. The number of carbonyl (C=O) groups excluding carboxylic acids is 2. The zero-order valence-corrected chi connectivity index (χ0v) is 13.0. The predicted octanol–water partition coefficient (Wildman–Crippen LogP) is 3.49. The summed E-state index contributed by atoms with van der Waals surface area (Å²) < 4.78 is 10.2. The van der Waals surface area contributed by atoms with E-state index in [1.807, 2.05) is 25.1 Å². The first-order valence-electron chi connectivity index (χ1n) is 7.10. The van der Waals surface area contributed by atoms with Crippen molar-refractivity contribution in [3.8, 4) is 0 Å². The maximum absolute atomic E-state index is 11.2. The minimum absolute atomic E-state index is 0.483. The van der Waals surface area contributed by atoms with Crippen LogP contribution in [-0.4, -0.2) is 18.2 Å². The lowest BCUT2D eigenvalue weighted by Crippen LogP contribution is -2.24. The minimum atomic E-state index is -0.963. The highest BCUT2D eigenvalue weighted by Gasteiger charge is 2.19. The second-order valence-electron chi connectivity index (χ2n) is 4.72. The Labute approximate surface area is 125 Å². The largest absolute Gasteiger partial charge is 0.421 e. The molecule has 0 radical (unpaired) electrons. The van der Waals surface area contributed by atoms with E-state index in [-0.39, 0.29) is 0 Å². The van der Waals surface area contributed by atoms with Gasteiger partial charge in [0.25, 0.3) is 6.29 Å². The molecule has 0 N–H and O–H groups in total. The van der Waals surface area contributed by atoms with Crippen molar-refractivity contribution in [1.29, 1.82) is 0 Å². The fraction of sp³-hybridized carbons (Fsp3) is 0.412. The number of ether oxygens (including phenoxy) is 2. The molecular weight excluding hydrogens is 268 g/mol. The second-order valence-corrected chi connectivity index (χ2v) is 4.72. The van der Waals surface area contributed by atoms with Crippen molar-refractivity contribution < 1.29 is 19.1 Å². The molecule has 0 aliphatic heterocycles. The number of hydrogen-bond donors (Lipinski definition) is 0. The lowest BCUT2D eigenvalue weighted by molar-refractivity contribution is -0.178. The molecule has 0 saturated carbocycles. The molecule has 114 valence electrons. The van der Waals surface area contributed by atoms with Crippen molar-refractivity contribution in [3.05, 3.63) is 41.0 Å². The van der Waals surface area contributed by atoms with Gasteiger partial charge >= 0.3 is 11.9 Å². The zero-order chi connectivity index (χ0) is 15.8. The highest BCUT2D eigenvalue weighted by atomic mass is 16.7. The van der Waals surface area contributed by atoms with Crippen LogP contribution in [0.1, 0.15) is 45.2 Å². The van der Waals surface area contributed by atoms with Crippen molar-refractivity contribution in [3.63, 3.8) is 0 Å². The van der Waals surface area contributed by atoms with Gasteiger partial charge in [-0.3, -0.25) is 9.59 Å². The number of esters is 2. The molecule has 0 atom stereocenters. The minimum Gasteiger partial charge on any atom is -0.421 e. The van der Waals surface area contributed by atoms with E-state index in [0.29, 0.717) is 6.42 Å². The summed E-state index contributed by atoms with van der Waals surface area (Å²) in [6.45, 7) is 6.60. The van der Waals surface area contributed by atoms with Crippen LogP contribution in [-0.2, 0) is 25.5 Å². The van der Waals surface area contributed by atoms with Gasteiger partial charge in [-0.15, -0.1) is 0 Å². The molecule has 0 spiro atoms. The molecule has 0 aromatic heterocycles. The third kappa shape index (κ3) is 5.81. The van der Waals surface area contributed by atoms with E-state index in [9.17, 15) is 9.59 Å². The molecule has 0 heterocycles. The van der Waals surface area contributed by atoms with E-state index in [2.05, 4.69) is 19.1 Å². The molecular formula is C17H22O4. The van der Waals surface area contributed by atoms with Crippen molar-refractivity contribution in [2.45, 2.75) is 46.8 Å². The van der Waals surface area contributed by atoms with Gasteiger partial charge in [0.15, 0.2) is 0 Å². The molecule has 0 unspecified atom stereocenters. The zero-order valence-electron chi connectivity index (χ0n) is 13.0. The molecule has 0 saturated heterocycles. The highest BCUT2D eigenvalue weighted by Crippen LogP contribution is 2.18. The van der Waals surface area contributed by atoms with Gasteiger partial charge < -0.3 is 9.47 Å². The standard InChI is InChI=1S/C17H22O4/c1-5-14-8-7-9-15(10-14)11-16(6-2)17(20-12(3)18)21-13(4)19/h7-11,17H,5-6H2,1-4H3. The van der Waals surface area contributed by atoms with Crippen molar-refractivity contribution in [2.24, 2.45) is 0 Å². The van der Waals surface area contributed by atoms with Crippen LogP contribution in [0, 0.1) is 0 Å². The molecule has 1 aromatic rings. The smallest absolute Gasteiger partial charge is 0.305 e. The monoisotopic (exact) mass is 290 g/mol. The van der Waals surface area contributed by atoms with E-state index in [1.165, 1.54) is 19.4 Å². The van der Waals surface area contributed by atoms with E-state index >= 15 is 0 Å². The Hall–Kier alpha value is -2.10. The van der Waals surface area contributed by atoms with Crippen molar-refractivity contribution in [2.75, 3.05) is 0 Å². The summed E-state index contributed by atoms with van der Waals surface area (Å²) in [6.07, 6.45) is 2.49. The number of benzene rings is 1. The van der Waals surface area contributed by atoms with E-state index in [4.69, 9.17) is 9.47 Å². The van der Waals surface area contributed by atoms with Crippen LogP contribution in [0.25, 0.3) is 6.08 Å². The van der Waals surface area contributed by atoms with Gasteiger partial charge in [-0.1, -0.05) is 38.1 Å². The average molecular weight is 290 g/mol. The molecule has 1 aromatic carbocycles. The van der Waals surface area contributed by atoms with Gasteiger partial charge in [0.05, 0.1) is 0 Å². The lowest BCUT2D eigenvalue weighted by Gasteiger charge is -2.19. The third-order valence-corrected chi connectivity index (χ3v) is 2.97. The molecule has 21 heavy (non-hydrogen) atoms. The van der Waals surface area contributed by atoms with Crippen LogP contribution >= 0.6 is 0 Å². The Kier molecular flexibility index (Phi) is 6.66. The maximum Gasteiger partial charge on any atom is 0.305 e. The number of rotatable bonds is 6. The van der Waals surface area contributed by atoms with Gasteiger partial charge in [0, 0.05) is 19.4 Å². The van der Waals surface area contributed by atoms with Crippen LogP contribution in [0.4, 0.5) is 0 Å². The molecule has 4 heteroatoms. The molecule has 1 rings (SSSR count). The van der Waals surface area contributed by atoms with E-state index in [0.717, 1.165) is 17.6 Å². The van der Waals surface area contributed by atoms with Crippen LogP contribution in [0.15, 0.2) is 29.8 Å². The van der Waals surface area contributed by atoms with Crippen molar-refractivity contribution >= 4 is 18.0 Å². The van der Waals surface area contributed by atoms with Crippen LogP contribution in [0.5, 0.6) is 0 Å². The normalized spacial score (nSPS) is 11.4. The summed E-state index contributed by atoms with van der Waals surface area (Å²) in [5.74, 6) is -0.967. The third-order valence-electron chi connectivity index (χ3n) is 2.97.